The molecule has 0 heterocycles. The minimum absolute atomic E-state index is 0.0285. The number of hydrogen-bond acceptors (Lipinski definition) is 5. The molecule has 3 rings (SSSR count). The molecule has 1 aliphatic carbocycles. The molecule has 1 aliphatic rings. The highest BCUT2D eigenvalue weighted by Crippen LogP contribution is 2.27. The number of para-hydroxylation sites is 1. The lowest BCUT2D eigenvalue weighted by Crippen LogP contribution is -2.39. The standard InChI is InChI=1S/C19H20N2O5/c22-15-5-3-4-13(12-15)20-19(23)17-6-1-2-7-18(17)26-16-10-8-14(9-11-16)21(24)25/h1-2,6-11,13,15,22H,3-5,12H2,(H,20,23). The molecule has 0 saturated heterocycles. The van der Waals surface area contributed by atoms with E-state index in [1.807, 2.05) is 0 Å². The van der Waals surface area contributed by atoms with Gasteiger partial charge in [-0.2, -0.15) is 0 Å². The summed E-state index contributed by atoms with van der Waals surface area (Å²) in [6, 6.07) is 12.5. The van der Waals surface area contributed by atoms with Gasteiger partial charge in [0.2, 0.25) is 0 Å². The molecule has 2 N–H and O–H groups in total. The number of carbonyl (C=O) groups is 1. The second-order valence-corrected chi connectivity index (χ2v) is 6.34. The van der Waals surface area contributed by atoms with Gasteiger partial charge in [-0.15, -0.1) is 0 Å². The third kappa shape index (κ3) is 4.37. The summed E-state index contributed by atoms with van der Waals surface area (Å²) in [7, 11) is 0. The molecule has 0 aliphatic heterocycles. The summed E-state index contributed by atoms with van der Waals surface area (Å²) in [6.07, 6.45) is 2.67. The van der Waals surface area contributed by atoms with Crippen LogP contribution in [-0.4, -0.2) is 28.1 Å². The Bertz CT molecular complexity index is 791. The number of nitrogens with zero attached hydrogens (tertiary/aromatic N) is 1. The van der Waals surface area contributed by atoms with Gasteiger partial charge in [-0.05, 0) is 49.9 Å². The van der Waals surface area contributed by atoms with Crippen molar-refractivity contribution in [3.05, 3.63) is 64.2 Å². The normalized spacial score (nSPS) is 19.6. The van der Waals surface area contributed by atoms with Crippen LogP contribution in [0.3, 0.4) is 0 Å². The molecule has 1 amide bonds. The molecule has 1 saturated carbocycles. The number of rotatable bonds is 5. The number of aliphatic hydroxyl groups is 1. The van der Waals surface area contributed by atoms with Crippen molar-refractivity contribution in [2.75, 3.05) is 0 Å². The Morgan fingerprint density at radius 3 is 2.58 bits per heavy atom. The van der Waals surface area contributed by atoms with E-state index in [1.54, 1.807) is 24.3 Å². The molecular formula is C19H20N2O5. The van der Waals surface area contributed by atoms with Gasteiger partial charge >= 0.3 is 0 Å². The van der Waals surface area contributed by atoms with Crippen LogP contribution < -0.4 is 10.1 Å². The lowest BCUT2D eigenvalue weighted by Gasteiger charge is -2.26. The molecule has 0 aromatic heterocycles. The molecular weight excluding hydrogens is 336 g/mol. The van der Waals surface area contributed by atoms with E-state index < -0.39 is 4.92 Å². The van der Waals surface area contributed by atoms with Crippen LogP contribution in [0.4, 0.5) is 5.69 Å². The largest absolute Gasteiger partial charge is 0.457 e. The fourth-order valence-electron chi connectivity index (χ4n) is 3.06. The maximum absolute atomic E-state index is 12.6. The predicted molar refractivity (Wildman–Crippen MR) is 95.3 cm³/mol. The molecule has 0 radical (unpaired) electrons. The van der Waals surface area contributed by atoms with Crippen molar-refractivity contribution in [2.24, 2.45) is 0 Å². The Morgan fingerprint density at radius 2 is 1.88 bits per heavy atom. The van der Waals surface area contributed by atoms with E-state index in [2.05, 4.69) is 5.32 Å². The number of amides is 1. The van der Waals surface area contributed by atoms with Crippen molar-refractivity contribution < 1.29 is 19.6 Å². The van der Waals surface area contributed by atoms with Gasteiger partial charge in [0.15, 0.2) is 0 Å². The molecule has 1 fully saturated rings. The van der Waals surface area contributed by atoms with E-state index in [4.69, 9.17) is 4.74 Å². The third-order valence-corrected chi connectivity index (χ3v) is 4.39. The molecule has 2 aromatic carbocycles. The Morgan fingerprint density at radius 1 is 1.15 bits per heavy atom. The molecule has 0 spiro atoms. The Hall–Kier alpha value is -2.93. The van der Waals surface area contributed by atoms with Crippen LogP contribution in [0.1, 0.15) is 36.0 Å². The van der Waals surface area contributed by atoms with Gasteiger partial charge in [0.1, 0.15) is 11.5 Å². The van der Waals surface area contributed by atoms with Crippen LogP contribution in [0.5, 0.6) is 11.5 Å². The zero-order valence-corrected chi connectivity index (χ0v) is 14.1. The summed E-state index contributed by atoms with van der Waals surface area (Å²) < 4.78 is 5.74. The van der Waals surface area contributed by atoms with Gasteiger partial charge in [0.25, 0.3) is 11.6 Å². The summed E-state index contributed by atoms with van der Waals surface area (Å²) in [5.74, 6) is 0.515. The summed E-state index contributed by atoms with van der Waals surface area (Å²) in [4.78, 5) is 22.8. The first-order valence-electron chi connectivity index (χ1n) is 8.53. The fraction of sp³-hybridized carbons (Fsp3) is 0.316. The highest BCUT2D eigenvalue weighted by molar-refractivity contribution is 5.97. The minimum Gasteiger partial charge on any atom is -0.457 e. The van der Waals surface area contributed by atoms with E-state index in [9.17, 15) is 20.0 Å². The quantitative estimate of drug-likeness (QED) is 0.631. The van der Waals surface area contributed by atoms with E-state index in [1.165, 1.54) is 24.3 Å². The summed E-state index contributed by atoms with van der Waals surface area (Å²) in [5.41, 5.74) is 0.352. The molecule has 0 bridgehead atoms. The number of ether oxygens (including phenoxy) is 1. The van der Waals surface area contributed by atoms with Gasteiger partial charge in [0.05, 0.1) is 16.6 Å². The van der Waals surface area contributed by atoms with Gasteiger partial charge in [-0.1, -0.05) is 12.1 Å². The Balaban J connectivity index is 1.73. The molecule has 2 aromatic rings. The number of aliphatic hydroxyl groups excluding tert-OH is 1. The summed E-state index contributed by atoms with van der Waals surface area (Å²) in [5, 5.41) is 23.4. The first kappa shape index (κ1) is 17.9. The number of benzene rings is 2. The number of hydrogen-bond donors (Lipinski definition) is 2. The van der Waals surface area contributed by atoms with E-state index in [-0.39, 0.29) is 23.7 Å². The zero-order valence-electron chi connectivity index (χ0n) is 14.1. The van der Waals surface area contributed by atoms with Gasteiger partial charge in [-0.3, -0.25) is 14.9 Å². The van der Waals surface area contributed by atoms with Crippen LogP contribution in [0.15, 0.2) is 48.5 Å². The number of non-ortho nitro benzene ring substituents is 1. The lowest BCUT2D eigenvalue weighted by molar-refractivity contribution is -0.384. The topological polar surface area (TPSA) is 102 Å². The number of carbonyl (C=O) groups excluding carboxylic acids is 1. The summed E-state index contributed by atoms with van der Waals surface area (Å²) in [6.45, 7) is 0. The minimum atomic E-state index is -0.482. The van der Waals surface area contributed by atoms with Crippen molar-refractivity contribution >= 4 is 11.6 Å². The van der Waals surface area contributed by atoms with Gasteiger partial charge in [0, 0.05) is 18.2 Å². The van der Waals surface area contributed by atoms with Gasteiger partial charge in [-0.25, -0.2) is 0 Å². The SMILES string of the molecule is O=C(NC1CCCC(O)C1)c1ccccc1Oc1ccc([N+](=O)[O-])cc1. The van der Waals surface area contributed by atoms with E-state index >= 15 is 0 Å². The monoisotopic (exact) mass is 356 g/mol. The predicted octanol–water partition coefficient (Wildman–Crippen LogP) is 3.42. The fourth-order valence-corrected chi connectivity index (χ4v) is 3.06. The lowest BCUT2D eigenvalue weighted by atomic mass is 9.93. The van der Waals surface area contributed by atoms with Crippen LogP contribution in [-0.2, 0) is 0 Å². The third-order valence-electron chi connectivity index (χ3n) is 4.39. The first-order valence-corrected chi connectivity index (χ1v) is 8.53. The zero-order chi connectivity index (χ0) is 18.5. The number of nitro benzene ring substituents is 1. The molecule has 2 atom stereocenters. The van der Waals surface area contributed by atoms with Crippen molar-refractivity contribution in [3.63, 3.8) is 0 Å². The van der Waals surface area contributed by atoms with Gasteiger partial charge < -0.3 is 15.2 Å². The van der Waals surface area contributed by atoms with Crippen LogP contribution in [0, 0.1) is 10.1 Å². The average molecular weight is 356 g/mol. The van der Waals surface area contributed by atoms with Crippen molar-refractivity contribution in [3.8, 4) is 11.5 Å². The first-order chi connectivity index (χ1) is 12.5. The number of nitro groups is 1. The molecule has 7 nitrogen and oxygen atoms in total. The van der Waals surface area contributed by atoms with Crippen molar-refractivity contribution in [1.82, 2.24) is 5.32 Å². The second-order valence-electron chi connectivity index (χ2n) is 6.34. The summed E-state index contributed by atoms with van der Waals surface area (Å²) >= 11 is 0. The smallest absolute Gasteiger partial charge is 0.269 e. The second kappa shape index (κ2) is 7.97. The maximum atomic E-state index is 12.6. The Kier molecular flexibility index (Phi) is 5.48. The molecule has 26 heavy (non-hydrogen) atoms. The molecule has 136 valence electrons. The highest BCUT2D eigenvalue weighted by atomic mass is 16.6. The van der Waals surface area contributed by atoms with E-state index in [0.29, 0.717) is 23.5 Å². The van der Waals surface area contributed by atoms with Crippen LogP contribution in [0.2, 0.25) is 0 Å². The molecule has 2 unspecified atom stereocenters. The van der Waals surface area contributed by atoms with E-state index in [0.717, 1.165) is 19.3 Å². The van der Waals surface area contributed by atoms with Crippen LogP contribution in [0.25, 0.3) is 0 Å². The van der Waals surface area contributed by atoms with Crippen molar-refractivity contribution in [1.29, 1.82) is 0 Å². The van der Waals surface area contributed by atoms with Crippen LogP contribution >= 0.6 is 0 Å². The Labute approximate surface area is 150 Å². The molecule has 7 heteroatoms. The highest BCUT2D eigenvalue weighted by Gasteiger charge is 2.23. The number of nitrogens with one attached hydrogen (secondary N) is 1. The average Bonchev–Trinajstić information content (AvgIpc) is 2.62. The van der Waals surface area contributed by atoms with Crippen molar-refractivity contribution in [2.45, 2.75) is 37.8 Å². The maximum Gasteiger partial charge on any atom is 0.269 e.